The molecule has 7 nitrogen and oxygen atoms in total. The van der Waals surface area contributed by atoms with Crippen LogP contribution < -0.4 is 10.1 Å². The van der Waals surface area contributed by atoms with Gasteiger partial charge in [-0.25, -0.2) is 9.48 Å². The number of carbonyl (C=O) groups is 1. The molecule has 27 heavy (non-hydrogen) atoms. The number of aromatic nitrogens is 3. The molecule has 0 radical (unpaired) electrons. The summed E-state index contributed by atoms with van der Waals surface area (Å²) in [4.78, 5) is 16.6. The van der Waals surface area contributed by atoms with E-state index in [0.717, 1.165) is 17.7 Å². The Labute approximate surface area is 159 Å². The van der Waals surface area contributed by atoms with E-state index in [0.29, 0.717) is 23.8 Å². The lowest BCUT2D eigenvalue weighted by Gasteiger charge is -2.28. The quantitative estimate of drug-likeness (QED) is 0.564. The highest BCUT2D eigenvalue weighted by Gasteiger charge is 2.33. The maximum absolute atomic E-state index is 12.4. The molecule has 1 atom stereocenters. The Morgan fingerprint density at radius 2 is 2.00 bits per heavy atom. The van der Waals surface area contributed by atoms with Gasteiger partial charge in [0, 0.05) is 5.70 Å². The molecule has 2 heterocycles. The second kappa shape index (κ2) is 8.70. The standard InChI is InChI=1S/C20H26N4O3/c1-4-5-6-7-12-27-16-10-8-15(9-11-16)18-17(19(25)26-3)14(2)23-20-21-13-22-24(18)20/h8-11,13,18H,4-7,12H2,1-3H3,(H,21,22,23). The fourth-order valence-electron chi connectivity index (χ4n) is 3.24. The molecule has 0 aliphatic carbocycles. The van der Waals surface area contributed by atoms with E-state index in [-0.39, 0.29) is 5.97 Å². The first-order chi connectivity index (χ1) is 13.2. The minimum absolute atomic E-state index is 0.387. The van der Waals surface area contributed by atoms with E-state index in [4.69, 9.17) is 9.47 Å². The van der Waals surface area contributed by atoms with Gasteiger partial charge >= 0.3 is 5.97 Å². The lowest BCUT2D eigenvalue weighted by atomic mass is 9.96. The van der Waals surface area contributed by atoms with Crippen molar-refractivity contribution >= 4 is 11.9 Å². The largest absolute Gasteiger partial charge is 0.494 e. The molecule has 1 aliphatic heterocycles. The molecular weight excluding hydrogens is 344 g/mol. The van der Waals surface area contributed by atoms with Crippen LogP contribution in [0.25, 0.3) is 0 Å². The van der Waals surface area contributed by atoms with E-state index in [1.54, 1.807) is 4.68 Å². The Kier molecular flexibility index (Phi) is 6.11. The molecule has 2 aromatic rings. The topological polar surface area (TPSA) is 78.3 Å². The van der Waals surface area contributed by atoms with Gasteiger partial charge in [0.05, 0.1) is 19.3 Å². The number of ether oxygens (including phenoxy) is 2. The van der Waals surface area contributed by atoms with Gasteiger partial charge in [0.25, 0.3) is 0 Å². The third kappa shape index (κ3) is 4.13. The molecular formula is C20H26N4O3. The zero-order valence-electron chi connectivity index (χ0n) is 16.1. The number of nitrogens with zero attached hydrogens (tertiary/aromatic N) is 3. The highest BCUT2D eigenvalue weighted by molar-refractivity contribution is 5.92. The second-order valence-corrected chi connectivity index (χ2v) is 6.56. The third-order valence-corrected chi connectivity index (χ3v) is 4.66. The summed E-state index contributed by atoms with van der Waals surface area (Å²) in [6.45, 7) is 4.75. The predicted molar refractivity (Wildman–Crippen MR) is 103 cm³/mol. The van der Waals surface area contributed by atoms with Gasteiger partial charge in [-0.2, -0.15) is 10.1 Å². The summed E-state index contributed by atoms with van der Waals surface area (Å²) in [5.74, 6) is 1.03. The molecule has 7 heteroatoms. The van der Waals surface area contributed by atoms with E-state index < -0.39 is 6.04 Å². The monoisotopic (exact) mass is 370 g/mol. The number of unbranched alkanes of at least 4 members (excludes halogenated alkanes) is 3. The third-order valence-electron chi connectivity index (χ3n) is 4.66. The van der Waals surface area contributed by atoms with Crippen molar-refractivity contribution in [1.29, 1.82) is 0 Å². The number of fused-ring (bicyclic) bond motifs is 1. The van der Waals surface area contributed by atoms with Crippen molar-refractivity contribution in [1.82, 2.24) is 14.8 Å². The zero-order valence-corrected chi connectivity index (χ0v) is 16.1. The number of nitrogens with one attached hydrogen (secondary N) is 1. The van der Waals surface area contributed by atoms with Gasteiger partial charge in [-0.15, -0.1) is 0 Å². The van der Waals surface area contributed by atoms with Crippen LogP contribution in [-0.4, -0.2) is 34.5 Å². The molecule has 0 saturated carbocycles. The summed E-state index contributed by atoms with van der Waals surface area (Å²) in [5, 5.41) is 7.39. The van der Waals surface area contributed by atoms with Crippen molar-refractivity contribution in [2.24, 2.45) is 0 Å². The molecule has 0 amide bonds. The van der Waals surface area contributed by atoms with Gasteiger partial charge in [-0.05, 0) is 31.0 Å². The van der Waals surface area contributed by atoms with Gasteiger partial charge < -0.3 is 14.8 Å². The number of allylic oxidation sites excluding steroid dienone is 1. The number of carbonyl (C=O) groups excluding carboxylic acids is 1. The molecule has 1 aliphatic rings. The Morgan fingerprint density at radius 3 is 2.70 bits per heavy atom. The molecule has 1 unspecified atom stereocenters. The first-order valence-electron chi connectivity index (χ1n) is 9.34. The summed E-state index contributed by atoms with van der Waals surface area (Å²) < 4.78 is 12.5. The summed E-state index contributed by atoms with van der Waals surface area (Å²) >= 11 is 0. The van der Waals surface area contributed by atoms with Crippen LogP contribution in [0.15, 0.2) is 41.9 Å². The number of esters is 1. The van der Waals surface area contributed by atoms with E-state index in [1.807, 2.05) is 31.2 Å². The van der Waals surface area contributed by atoms with Crippen LogP contribution in [0.3, 0.4) is 0 Å². The average Bonchev–Trinajstić information content (AvgIpc) is 3.14. The van der Waals surface area contributed by atoms with E-state index in [2.05, 4.69) is 22.3 Å². The highest BCUT2D eigenvalue weighted by Crippen LogP contribution is 2.35. The predicted octanol–water partition coefficient (Wildman–Crippen LogP) is 3.70. The van der Waals surface area contributed by atoms with Crippen LogP contribution in [0.2, 0.25) is 0 Å². The molecule has 0 fully saturated rings. The van der Waals surface area contributed by atoms with E-state index in [1.165, 1.54) is 32.7 Å². The summed E-state index contributed by atoms with van der Waals surface area (Å²) in [5.41, 5.74) is 2.15. The Hall–Kier alpha value is -2.83. The van der Waals surface area contributed by atoms with Gasteiger partial charge in [-0.3, -0.25) is 0 Å². The maximum Gasteiger partial charge on any atom is 0.338 e. The number of methoxy groups -OCH3 is 1. The number of benzene rings is 1. The van der Waals surface area contributed by atoms with Crippen molar-refractivity contribution < 1.29 is 14.3 Å². The van der Waals surface area contributed by atoms with E-state index in [9.17, 15) is 4.79 Å². The average molecular weight is 370 g/mol. The lowest BCUT2D eigenvalue weighted by molar-refractivity contribution is -0.136. The van der Waals surface area contributed by atoms with Crippen LogP contribution in [-0.2, 0) is 9.53 Å². The van der Waals surface area contributed by atoms with Crippen LogP contribution >= 0.6 is 0 Å². The molecule has 1 N–H and O–H groups in total. The smallest absolute Gasteiger partial charge is 0.338 e. The second-order valence-electron chi connectivity index (χ2n) is 6.56. The fraction of sp³-hybridized carbons (Fsp3) is 0.450. The molecule has 0 bridgehead atoms. The molecule has 3 rings (SSSR count). The summed E-state index contributed by atoms with van der Waals surface area (Å²) in [6.07, 6.45) is 6.16. The zero-order chi connectivity index (χ0) is 19.2. The van der Waals surface area contributed by atoms with Crippen molar-refractivity contribution in [3.63, 3.8) is 0 Å². The van der Waals surface area contributed by atoms with Crippen LogP contribution in [0.4, 0.5) is 5.95 Å². The van der Waals surface area contributed by atoms with Gasteiger partial charge in [0.2, 0.25) is 5.95 Å². The summed E-state index contributed by atoms with van der Waals surface area (Å²) in [6, 6.07) is 7.38. The number of rotatable bonds is 8. The van der Waals surface area contributed by atoms with Crippen LogP contribution in [0.1, 0.15) is 51.1 Å². The number of anilines is 1. The molecule has 1 aromatic carbocycles. The molecule has 1 aromatic heterocycles. The first-order valence-corrected chi connectivity index (χ1v) is 9.34. The Bertz CT molecular complexity index is 811. The van der Waals surface area contributed by atoms with Crippen LogP contribution in [0.5, 0.6) is 5.75 Å². The fourth-order valence-corrected chi connectivity index (χ4v) is 3.24. The summed E-state index contributed by atoms with van der Waals surface area (Å²) in [7, 11) is 1.38. The van der Waals surface area contributed by atoms with E-state index >= 15 is 0 Å². The van der Waals surface area contributed by atoms with Crippen molar-refractivity contribution in [2.45, 2.75) is 45.6 Å². The Morgan fingerprint density at radius 1 is 1.22 bits per heavy atom. The SMILES string of the molecule is CCCCCCOc1ccc(C2C(C(=O)OC)=C(C)Nc3ncnn32)cc1. The minimum Gasteiger partial charge on any atom is -0.494 e. The van der Waals surface area contributed by atoms with Crippen molar-refractivity contribution in [2.75, 3.05) is 19.0 Å². The van der Waals surface area contributed by atoms with Gasteiger partial charge in [-0.1, -0.05) is 38.3 Å². The maximum atomic E-state index is 12.4. The lowest BCUT2D eigenvalue weighted by Crippen LogP contribution is -2.29. The number of hydrogen-bond acceptors (Lipinski definition) is 6. The highest BCUT2D eigenvalue weighted by atomic mass is 16.5. The normalized spacial score (nSPS) is 15.9. The minimum atomic E-state index is -0.394. The van der Waals surface area contributed by atoms with Gasteiger partial charge in [0.1, 0.15) is 18.1 Å². The van der Waals surface area contributed by atoms with Gasteiger partial charge in [0.15, 0.2) is 0 Å². The van der Waals surface area contributed by atoms with Crippen molar-refractivity contribution in [3.05, 3.63) is 47.4 Å². The Balaban J connectivity index is 1.80. The number of hydrogen-bond donors (Lipinski definition) is 1. The molecule has 0 saturated heterocycles. The first kappa shape index (κ1) is 18.9. The van der Waals surface area contributed by atoms with Crippen molar-refractivity contribution in [3.8, 4) is 5.75 Å². The molecule has 0 spiro atoms. The van der Waals surface area contributed by atoms with Crippen LogP contribution in [0, 0.1) is 0 Å². The molecule has 144 valence electrons.